The zero-order valence-electron chi connectivity index (χ0n) is 15.6. The van der Waals surface area contributed by atoms with E-state index >= 15 is 0 Å². The summed E-state index contributed by atoms with van der Waals surface area (Å²) in [5, 5.41) is 0. The Bertz CT molecular complexity index is 445. The van der Waals surface area contributed by atoms with Crippen molar-refractivity contribution in [2.75, 3.05) is 26.7 Å². The maximum absolute atomic E-state index is 12.4. The Balaban J connectivity index is 1.85. The van der Waals surface area contributed by atoms with Crippen LogP contribution in [0.25, 0.3) is 0 Å². The van der Waals surface area contributed by atoms with Gasteiger partial charge in [0, 0.05) is 39.5 Å². The van der Waals surface area contributed by atoms with E-state index in [2.05, 4.69) is 32.6 Å². The molecule has 4 nitrogen and oxygen atoms in total. The number of amides is 2. The van der Waals surface area contributed by atoms with E-state index < -0.39 is 0 Å². The first-order valence-electron chi connectivity index (χ1n) is 9.22. The highest BCUT2D eigenvalue weighted by atomic mass is 16.2. The summed E-state index contributed by atoms with van der Waals surface area (Å²) >= 11 is 0. The number of rotatable bonds is 5. The fourth-order valence-corrected chi connectivity index (χ4v) is 3.94. The van der Waals surface area contributed by atoms with Crippen LogP contribution in [-0.4, -0.2) is 48.3 Å². The molecule has 0 aromatic carbocycles. The maximum atomic E-state index is 12.4. The summed E-state index contributed by atoms with van der Waals surface area (Å²) < 4.78 is 0. The van der Waals surface area contributed by atoms with Crippen LogP contribution < -0.4 is 0 Å². The van der Waals surface area contributed by atoms with Crippen LogP contribution in [0.4, 0.5) is 0 Å². The first-order valence-corrected chi connectivity index (χ1v) is 9.22. The Morgan fingerprint density at radius 2 is 1.78 bits per heavy atom. The molecular formula is C19H34N2O2. The van der Waals surface area contributed by atoms with E-state index in [1.807, 2.05) is 11.9 Å². The van der Waals surface area contributed by atoms with Gasteiger partial charge in [-0.2, -0.15) is 0 Å². The van der Waals surface area contributed by atoms with E-state index in [1.54, 1.807) is 0 Å². The molecule has 0 aromatic rings. The molecule has 2 rings (SSSR count). The fourth-order valence-electron chi connectivity index (χ4n) is 3.94. The number of piperidine rings is 2. The second kappa shape index (κ2) is 7.23. The lowest BCUT2D eigenvalue weighted by atomic mass is 9.71. The van der Waals surface area contributed by atoms with E-state index in [0.29, 0.717) is 36.5 Å². The van der Waals surface area contributed by atoms with Crippen LogP contribution in [0.5, 0.6) is 0 Å². The van der Waals surface area contributed by atoms with Gasteiger partial charge in [-0.1, -0.05) is 27.7 Å². The molecule has 0 saturated carbocycles. The average Bonchev–Trinajstić information content (AvgIpc) is 2.48. The van der Waals surface area contributed by atoms with Gasteiger partial charge in [0.05, 0.1) is 0 Å². The zero-order valence-corrected chi connectivity index (χ0v) is 15.6. The molecule has 23 heavy (non-hydrogen) atoms. The molecule has 2 atom stereocenters. The average molecular weight is 322 g/mol. The smallest absolute Gasteiger partial charge is 0.222 e. The molecule has 2 amide bonds. The Morgan fingerprint density at radius 3 is 2.35 bits per heavy atom. The van der Waals surface area contributed by atoms with Crippen molar-refractivity contribution in [3.63, 3.8) is 0 Å². The standard InChI is InChI=1S/C19H34N2O2/c1-14(2)15-6-10-21(18(23)12-15)11-8-19(3,4)16-7-9-20(5)17(22)13-16/h14-16H,6-13H2,1-5H3. The third-order valence-electron chi connectivity index (χ3n) is 6.29. The van der Waals surface area contributed by atoms with E-state index in [-0.39, 0.29) is 11.3 Å². The van der Waals surface area contributed by atoms with Crippen molar-refractivity contribution in [3.8, 4) is 0 Å². The third-order valence-corrected chi connectivity index (χ3v) is 6.29. The highest BCUT2D eigenvalue weighted by Gasteiger charge is 2.36. The Morgan fingerprint density at radius 1 is 1.09 bits per heavy atom. The van der Waals surface area contributed by atoms with Gasteiger partial charge in [0.2, 0.25) is 11.8 Å². The molecule has 2 aliphatic heterocycles. The summed E-state index contributed by atoms with van der Waals surface area (Å²) in [6.45, 7) is 11.6. The van der Waals surface area contributed by atoms with Gasteiger partial charge in [-0.15, -0.1) is 0 Å². The van der Waals surface area contributed by atoms with Gasteiger partial charge < -0.3 is 9.80 Å². The first kappa shape index (κ1) is 18.3. The molecule has 2 unspecified atom stereocenters. The number of carbonyl (C=O) groups excluding carboxylic acids is 2. The fraction of sp³-hybridized carbons (Fsp3) is 0.895. The van der Waals surface area contributed by atoms with Crippen molar-refractivity contribution in [2.45, 2.75) is 59.8 Å². The number of hydrogen-bond donors (Lipinski definition) is 0. The molecule has 0 spiro atoms. The molecule has 0 bridgehead atoms. The normalized spacial score (nSPS) is 27.0. The van der Waals surface area contributed by atoms with Crippen LogP contribution in [-0.2, 0) is 9.59 Å². The molecule has 0 N–H and O–H groups in total. The highest BCUT2D eigenvalue weighted by Crippen LogP contribution is 2.38. The van der Waals surface area contributed by atoms with Gasteiger partial charge in [-0.3, -0.25) is 9.59 Å². The predicted molar refractivity (Wildman–Crippen MR) is 92.9 cm³/mol. The SMILES string of the molecule is CC(C)C1CCN(CCC(C)(C)C2CCN(C)C(=O)C2)C(=O)C1. The van der Waals surface area contributed by atoms with Crippen molar-refractivity contribution in [1.29, 1.82) is 0 Å². The largest absolute Gasteiger partial charge is 0.346 e. The second-order valence-corrected chi connectivity index (χ2v) is 8.62. The minimum atomic E-state index is 0.117. The molecule has 2 heterocycles. The number of nitrogens with zero attached hydrogens (tertiary/aromatic N) is 2. The molecule has 2 aliphatic rings. The minimum absolute atomic E-state index is 0.117. The second-order valence-electron chi connectivity index (χ2n) is 8.62. The monoisotopic (exact) mass is 322 g/mol. The van der Waals surface area contributed by atoms with Crippen LogP contribution in [0.2, 0.25) is 0 Å². The van der Waals surface area contributed by atoms with Crippen LogP contribution in [0, 0.1) is 23.2 Å². The molecule has 2 saturated heterocycles. The molecule has 0 aliphatic carbocycles. The Labute approximate surface area is 141 Å². The number of likely N-dealkylation sites (tertiary alicyclic amines) is 2. The lowest BCUT2D eigenvalue weighted by Crippen LogP contribution is -2.44. The van der Waals surface area contributed by atoms with E-state index in [4.69, 9.17) is 0 Å². The summed E-state index contributed by atoms with van der Waals surface area (Å²) in [5.74, 6) is 2.18. The molecule has 0 radical (unpaired) electrons. The lowest BCUT2D eigenvalue weighted by molar-refractivity contribution is -0.138. The number of carbonyl (C=O) groups is 2. The third kappa shape index (κ3) is 4.48. The quantitative estimate of drug-likeness (QED) is 0.780. The molecule has 132 valence electrons. The van der Waals surface area contributed by atoms with Gasteiger partial charge in [-0.05, 0) is 42.4 Å². The van der Waals surface area contributed by atoms with Crippen molar-refractivity contribution >= 4 is 11.8 Å². The maximum Gasteiger partial charge on any atom is 0.222 e. The van der Waals surface area contributed by atoms with Crippen LogP contribution in [0.15, 0.2) is 0 Å². The molecule has 4 heteroatoms. The predicted octanol–water partition coefficient (Wildman–Crippen LogP) is 3.17. The highest BCUT2D eigenvalue weighted by molar-refractivity contribution is 5.77. The number of hydrogen-bond acceptors (Lipinski definition) is 2. The van der Waals surface area contributed by atoms with E-state index in [9.17, 15) is 9.59 Å². The van der Waals surface area contributed by atoms with Gasteiger partial charge in [0.1, 0.15) is 0 Å². The molecule has 2 fully saturated rings. The van der Waals surface area contributed by atoms with Crippen molar-refractivity contribution in [2.24, 2.45) is 23.2 Å². The van der Waals surface area contributed by atoms with E-state index in [0.717, 1.165) is 38.9 Å². The van der Waals surface area contributed by atoms with Gasteiger partial charge in [-0.25, -0.2) is 0 Å². The van der Waals surface area contributed by atoms with Crippen molar-refractivity contribution in [3.05, 3.63) is 0 Å². The van der Waals surface area contributed by atoms with Gasteiger partial charge in [0.15, 0.2) is 0 Å². The summed E-state index contributed by atoms with van der Waals surface area (Å²) in [5.41, 5.74) is 0.117. The molecule has 0 aromatic heterocycles. The summed E-state index contributed by atoms with van der Waals surface area (Å²) in [6.07, 6.45) is 4.58. The minimum Gasteiger partial charge on any atom is -0.346 e. The van der Waals surface area contributed by atoms with Crippen molar-refractivity contribution < 1.29 is 9.59 Å². The van der Waals surface area contributed by atoms with E-state index in [1.165, 1.54) is 0 Å². The topological polar surface area (TPSA) is 40.6 Å². The van der Waals surface area contributed by atoms with Crippen LogP contribution in [0.1, 0.15) is 59.8 Å². The van der Waals surface area contributed by atoms with Crippen LogP contribution in [0.3, 0.4) is 0 Å². The molecular weight excluding hydrogens is 288 g/mol. The van der Waals surface area contributed by atoms with Gasteiger partial charge in [0.25, 0.3) is 0 Å². The van der Waals surface area contributed by atoms with Crippen LogP contribution >= 0.6 is 0 Å². The lowest BCUT2D eigenvalue weighted by Gasteiger charge is -2.41. The summed E-state index contributed by atoms with van der Waals surface area (Å²) in [7, 11) is 1.89. The Hall–Kier alpha value is -1.06. The Kier molecular flexibility index (Phi) is 5.74. The summed E-state index contributed by atoms with van der Waals surface area (Å²) in [4.78, 5) is 28.2. The summed E-state index contributed by atoms with van der Waals surface area (Å²) in [6, 6.07) is 0. The van der Waals surface area contributed by atoms with Crippen molar-refractivity contribution in [1.82, 2.24) is 9.80 Å². The first-order chi connectivity index (χ1) is 10.7. The zero-order chi connectivity index (χ0) is 17.2. The van der Waals surface area contributed by atoms with Gasteiger partial charge >= 0.3 is 0 Å².